The van der Waals surface area contributed by atoms with Gasteiger partial charge < -0.3 is 0 Å². The SMILES string of the molecule is [C-]#[N+]c1cc(-n2cccn2)[c-]cc1C.[Ir]. The van der Waals surface area contributed by atoms with Gasteiger partial charge in [0, 0.05) is 32.5 Å². The summed E-state index contributed by atoms with van der Waals surface area (Å²) in [5.41, 5.74) is 2.39. The summed E-state index contributed by atoms with van der Waals surface area (Å²) in [7, 11) is 0. The molecule has 0 aliphatic carbocycles. The smallest absolute Gasteiger partial charge is 0.0899 e. The standard InChI is InChI=1S/C11H8N3.Ir/c1-9-4-5-10(8-11(9)12-2)14-7-3-6-13-14;/h3-4,6-8H,1H3;/q-1;. The van der Waals surface area contributed by atoms with Crippen molar-refractivity contribution < 1.29 is 20.1 Å². The molecule has 0 unspecified atom stereocenters. The Kier molecular flexibility index (Phi) is 3.79. The maximum absolute atomic E-state index is 6.99. The van der Waals surface area contributed by atoms with Gasteiger partial charge in [-0.1, -0.05) is 12.6 Å². The van der Waals surface area contributed by atoms with Crippen molar-refractivity contribution in [2.75, 3.05) is 0 Å². The summed E-state index contributed by atoms with van der Waals surface area (Å²) in [5, 5.41) is 4.07. The third-order valence-corrected chi connectivity index (χ3v) is 1.99. The van der Waals surface area contributed by atoms with E-state index in [9.17, 15) is 0 Å². The first kappa shape index (κ1) is 11.6. The van der Waals surface area contributed by atoms with E-state index < -0.39 is 0 Å². The van der Waals surface area contributed by atoms with Crippen LogP contribution in [0.15, 0.2) is 30.6 Å². The van der Waals surface area contributed by atoms with E-state index in [-0.39, 0.29) is 20.1 Å². The van der Waals surface area contributed by atoms with E-state index in [1.165, 1.54) is 0 Å². The fourth-order valence-corrected chi connectivity index (χ4v) is 1.21. The van der Waals surface area contributed by atoms with Crippen LogP contribution in [0.4, 0.5) is 5.69 Å². The summed E-state index contributed by atoms with van der Waals surface area (Å²) >= 11 is 0. The number of hydrogen-bond donors (Lipinski definition) is 0. The van der Waals surface area contributed by atoms with Gasteiger partial charge in [0.1, 0.15) is 0 Å². The molecule has 2 rings (SSSR count). The van der Waals surface area contributed by atoms with E-state index >= 15 is 0 Å². The van der Waals surface area contributed by atoms with Crippen LogP contribution in [0.2, 0.25) is 0 Å². The number of hydrogen-bond acceptors (Lipinski definition) is 1. The van der Waals surface area contributed by atoms with Gasteiger partial charge in [0.25, 0.3) is 0 Å². The predicted octanol–water partition coefficient (Wildman–Crippen LogP) is 2.53. The molecule has 2 aromatic rings. The summed E-state index contributed by atoms with van der Waals surface area (Å²) in [4.78, 5) is 3.43. The number of rotatable bonds is 1. The molecular formula is C11H8IrN3-. The van der Waals surface area contributed by atoms with Crippen molar-refractivity contribution >= 4 is 5.69 Å². The minimum absolute atomic E-state index is 0. The van der Waals surface area contributed by atoms with Crippen LogP contribution in [-0.4, -0.2) is 9.78 Å². The quantitative estimate of drug-likeness (QED) is 0.704. The Bertz CT molecular complexity index is 483. The molecule has 0 bridgehead atoms. The van der Waals surface area contributed by atoms with Crippen LogP contribution in [0.25, 0.3) is 10.5 Å². The molecule has 1 aromatic heterocycles. The van der Waals surface area contributed by atoms with E-state index in [0.29, 0.717) is 5.69 Å². The zero-order chi connectivity index (χ0) is 9.97. The molecular weight excluding hydrogens is 366 g/mol. The average molecular weight is 374 g/mol. The summed E-state index contributed by atoms with van der Waals surface area (Å²) in [5.74, 6) is 0. The zero-order valence-electron chi connectivity index (χ0n) is 8.06. The Morgan fingerprint density at radius 2 is 2.33 bits per heavy atom. The van der Waals surface area contributed by atoms with Gasteiger partial charge in [-0.2, -0.15) is 22.8 Å². The van der Waals surface area contributed by atoms with Crippen LogP contribution in [0.5, 0.6) is 0 Å². The molecule has 77 valence electrons. The van der Waals surface area contributed by atoms with E-state index in [2.05, 4.69) is 16.0 Å². The van der Waals surface area contributed by atoms with E-state index in [0.717, 1.165) is 11.3 Å². The molecule has 0 atom stereocenters. The van der Waals surface area contributed by atoms with Gasteiger partial charge in [-0.25, -0.2) is 0 Å². The Morgan fingerprint density at radius 1 is 1.53 bits per heavy atom. The van der Waals surface area contributed by atoms with Gasteiger partial charge in [0.15, 0.2) is 0 Å². The summed E-state index contributed by atoms with van der Waals surface area (Å²) in [6.07, 6.45) is 3.53. The van der Waals surface area contributed by atoms with Gasteiger partial charge >= 0.3 is 0 Å². The van der Waals surface area contributed by atoms with Crippen LogP contribution >= 0.6 is 0 Å². The molecule has 1 radical (unpaired) electrons. The van der Waals surface area contributed by atoms with Crippen LogP contribution in [0, 0.1) is 19.6 Å². The van der Waals surface area contributed by atoms with Crippen molar-refractivity contribution in [2.24, 2.45) is 0 Å². The van der Waals surface area contributed by atoms with E-state index in [4.69, 9.17) is 6.57 Å². The van der Waals surface area contributed by atoms with Crippen LogP contribution < -0.4 is 0 Å². The molecule has 15 heavy (non-hydrogen) atoms. The van der Waals surface area contributed by atoms with Gasteiger partial charge in [-0.15, -0.1) is 6.07 Å². The minimum Gasteiger partial charge on any atom is -0.267 e. The number of aromatic nitrogens is 2. The second-order valence-electron chi connectivity index (χ2n) is 2.95. The Morgan fingerprint density at radius 3 is 2.93 bits per heavy atom. The second kappa shape index (κ2) is 4.88. The first-order valence-electron chi connectivity index (χ1n) is 4.21. The van der Waals surface area contributed by atoms with Crippen molar-refractivity contribution in [1.82, 2.24) is 9.78 Å². The summed E-state index contributed by atoms with van der Waals surface area (Å²) < 4.78 is 1.69. The third-order valence-electron chi connectivity index (χ3n) is 1.99. The summed E-state index contributed by atoms with van der Waals surface area (Å²) in [6.45, 7) is 8.89. The van der Waals surface area contributed by atoms with Crippen LogP contribution in [0.3, 0.4) is 0 Å². The molecule has 0 saturated heterocycles. The van der Waals surface area contributed by atoms with Crippen molar-refractivity contribution in [3.63, 3.8) is 0 Å². The van der Waals surface area contributed by atoms with Crippen LogP contribution in [-0.2, 0) is 20.1 Å². The van der Waals surface area contributed by atoms with E-state index in [1.807, 2.05) is 25.3 Å². The molecule has 0 saturated carbocycles. The monoisotopic (exact) mass is 375 g/mol. The molecule has 0 aliphatic heterocycles. The third kappa shape index (κ3) is 2.33. The normalized spacial score (nSPS) is 9.07. The van der Waals surface area contributed by atoms with Gasteiger partial charge in [-0.3, -0.25) is 9.53 Å². The fraction of sp³-hybridized carbons (Fsp3) is 0.0909. The molecule has 4 heteroatoms. The Balaban J connectivity index is 0.00000112. The predicted molar refractivity (Wildman–Crippen MR) is 53.4 cm³/mol. The molecule has 0 fully saturated rings. The molecule has 3 nitrogen and oxygen atoms in total. The summed E-state index contributed by atoms with van der Waals surface area (Å²) in [6, 6.07) is 8.51. The van der Waals surface area contributed by atoms with E-state index in [1.54, 1.807) is 16.9 Å². The van der Waals surface area contributed by atoms with Gasteiger partial charge in [-0.05, 0) is 6.07 Å². The topological polar surface area (TPSA) is 22.2 Å². The minimum atomic E-state index is 0. The second-order valence-corrected chi connectivity index (χ2v) is 2.95. The van der Waals surface area contributed by atoms with Gasteiger partial charge in [0.2, 0.25) is 0 Å². The zero-order valence-corrected chi connectivity index (χ0v) is 10.5. The maximum Gasteiger partial charge on any atom is 0.0899 e. The number of nitrogens with zero attached hydrogens (tertiary/aromatic N) is 3. The first-order valence-corrected chi connectivity index (χ1v) is 4.21. The van der Waals surface area contributed by atoms with Crippen molar-refractivity contribution in [1.29, 1.82) is 0 Å². The van der Waals surface area contributed by atoms with Crippen molar-refractivity contribution in [3.05, 3.63) is 53.6 Å². The Hall–Kier alpha value is -1.43. The molecule has 0 amide bonds. The Labute approximate surface area is 102 Å². The van der Waals surface area contributed by atoms with Crippen molar-refractivity contribution in [2.45, 2.75) is 6.92 Å². The maximum atomic E-state index is 6.99. The molecule has 0 spiro atoms. The largest absolute Gasteiger partial charge is 0.267 e. The number of benzene rings is 1. The molecule has 1 aromatic carbocycles. The molecule has 0 N–H and O–H groups in total. The molecule has 0 aliphatic rings. The fourth-order valence-electron chi connectivity index (χ4n) is 1.21. The van der Waals surface area contributed by atoms with Gasteiger partial charge in [0.05, 0.1) is 12.3 Å². The van der Waals surface area contributed by atoms with Crippen molar-refractivity contribution in [3.8, 4) is 5.69 Å². The average Bonchev–Trinajstić information content (AvgIpc) is 2.71. The number of aryl methyl sites for hydroxylation is 1. The molecule has 1 heterocycles. The van der Waals surface area contributed by atoms with Crippen LogP contribution in [0.1, 0.15) is 5.56 Å². The first-order chi connectivity index (χ1) is 6.81.